The van der Waals surface area contributed by atoms with Crippen LogP contribution in [-0.2, 0) is 11.2 Å². The van der Waals surface area contributed by atoms with E-state index in [1.807, 2.05) is 78.6 Å². The maximum absolute atomic E-state index is 13.3. The number of para-hydroxylation sites is 1. The molecule has 0 radical (unpaired) electrons. The van der Waals surface area contributed by atoms with Crippen molar-refractivity contribution in [3.05, 3.63) is 95.6 Å². The van der Waals surface area contributed by atoms with Crippen LogP contribution in [0.15, 0.2) is 78.9 Å². The Hall–Kier alpha value is -3.31. The van der Waals surface area contributed by atoms with Gasteiger partial charge in [0, 0.05) is 18.8 Å². The summed E-state index contributed by atoms with van der Waals surface area (Å²) in [4.78, 5) is 15.3. The molecule has 0 bridgehead atoms. The number of nitrogens with zero attached hydrogens (tertiary/aromatic N) is 1. The normalized spacial score (nSPS) is 15.3. The van der Waals surface area contributed by atoms with Gasteiger partial charge in [-0.05, 0) is 48.7 Å². The van der Waals surface area contributed by atoms with Crippen molar-refractivity contribution in [2.45, 2.75) is 19.5 Å². The molecule has 0 spiro atoms. The molecule has 0 saturated carbocycles. The Morgan fingerprint density at radius 1 is 0.903 bits per heavy atom. The molecular formula is C26H28N2O3. The Morgan fingerprint density at radius 2 is 1.65 bits per heavy atom. The van der Waals surface area contributed by atoms with Crippen LogP contribution in [0.1, 0.15) is 34.6 Å². The number of amides is 1. The monoisotopic (exact) mass is 416 g/mol. The second-order valence-corrected chi connectivity index (χ2v) is 7.44. The summed E-state index contributed by atoms with van der Waals surface area (Å²) in [6.07, 6.45) is 0.564. The van der Waals surface area contributed by atoms with E-state index >= 15 is 0 Å². The van der Waals surface area contributed by atoms with Gasteiger partial charge in [0.15, 0.2) is 0 Å². The lowest BCUT2D eigenvalue weighted by Gasteiger charge is -2.38. The second kappa shape index (κ2) is 10.1. The van der Waals surface area contributed by atoms with Crippen LogP contribution in [0, 0.1) is 0 Å². The van der Waals surface area contributed by atoms with Gasteiger partial charge in [-0.2, -0.15) is 0 Å². The molecule has 1 unspecified atom stereocenters. The number of benzene rings is 3. The third kappa shape index (κ3) is 5.06. The van der Waals surface area contributed by atoms with Gasteiger partial charge in [0.1, 0.15) is 18.5 Å². The largest absolute Gasteiger partial charge is 0.491 e. The molecule has 160 valence electrons. The maximum Gasteiger partial charge on any atom is 0.257 e. The zero-order valence-electron chi connectivity index (χ0n) is 17.8. The fraction of sp³-hybridized carbons (Fsp3) is 0.269. The first-order valence-electron chi connectivity index (χ1n) is 10.8. The minimum Gasteiger partial charge on any atom is -0.491 e. The highest BCUT2D eigenvalue weighted by molar-refractivity contribution is 6.01. The number of carbonyl (C=O) groups is 1. The Bertz CT molecular complexity index is 989. The molecule has 1 aliphatic heterocycles. The molecule has 0 aliphatic carbocycles. The summed E-state index contributed by atoms with van der Waals surface area (Å²) in [5, 5.41) is 3.55. The lowest BCUT2D eigenvalue weighted by molar-refractivity contribution is 0.0685. The van der Waals surface area contributed by atoms with E-state index in [-0.39, 0.29) is 12.1 Å². The molecule has 1 heterocycles. The minimum atomic E-state index is -0.233. The van der Waals surface area contributed by atoms with Gasteiger partial charge in [-0.25, -0.2) is 0 Å². The van der Waals surface area contributed by atoms with Gasteiger partial charge in [0.2, 0.25) is 0 Å². The lowest BCUT2D eigenvalue weighted by atomic mass is 10.0. The number of fused-ring (bicyclic) bond motifs is 1. The van der Waals surface area contributed by atoms with Gasteiger partial charge in [-0.3, -0.25) is 4.79 Å². The van der Waals surface area contributed by atoms with Gasteiger partial charge < -0.3 is 19.7 Å². The predicted molar refractivity (Wildman–Crippen MR) is 122 cm³/mol. The van der Waals surface area contributed by atoms with Crippen LogP contribution in [0.5, 0.6) is 5.75 Å². The second-order valence-electron chi connectivity index (χ2n) is 7.44. The van der Waals surface area contributed by atoms with Gasteiger partial charge in [-0.15, -0.1) is 0 Å². The van der Waals surface area contributed by atoms with Crippen LogP contribution in [0.2, 0.25) is 0 Å². The fourth-order valence-electron chi connectivity index (χ4n) is 3.79. The summed E-state index contributed by atoms with van der Waals surface area (Å²) < 4.78 is 11.1. The molecule has 0 saturated heterocycles. The third-order valence-corrected chi connectivity index (χ3v) is 5.40. The number of carbonyl (C=O) groups excluding carboxylic acids is 1. The molecule has 31 heavy (non-hydrogen) atoms. The lowest BCUT2D eigenvalue weighted by Crippen LogP contribution is -2.43. The summed E-state index contributed by atoms with van der Waals surface area (Å²) in [5.41, 5.74) is 3.81. The van der Waals surface area contributed by atoms with E-state index in [0.717, 1.165) is 23.4 Å². The maximum atomic E-state index is 13.3. The Kier molecular flexibility index (Phi) is 6.85. The molecule has 1 N–H and O–H groups in total. The molecule has 1 amide bonds. The van der Waals surface area contributed by atoms with Crippen molar-refractivity contribution in [1.82, 2.24) is 4.90 Å². The van der Waals surface area contributed by atoms with Gasteiger partial charge >= 0.3 is 0 Å². The van der Waals surface area contributed by atoms with Crippen LogP contribution in [0.25, 0.3) is 0 Å². The minimum absolute atomic E-state index is 0.0484. The van der Waals surface area contributed by atoms with Crippen molar-refractivity contribution >= 4 is 11.6 Å². The first-order valence-corrected chi connectivity index (χ1v) is 10.8. The van der Waals surface area contributed by atoms with Crippen molar-refractivity contribution in [3.63, 3.8) is 0 Å². The van der Waals surface area contributed by atoms with E-state index in [0.29, 0.717) is 31.9 Å². The van der Waals surface area contributed by atoms with Crippen molar-refractivity contribution < 1.29 is 14.3 Å². The molecule has 0 fully saturated rings. The number of hydrogen-bond acceptors (Lipinski definition) is 4. The molecule has 4 rings (SSSR count). The highest BCUT2D eigenvalue weighted by Gasteiger charge is 2.32. The van der Waals surface area contributed by atoms with E-state index in [4.69, 9.17) is 9.47 Å². The van der Waals surface area contributed by atoms with Gasteiger partial charge in [-0.1, -0.05) is 54.6 Å². The van der Waals surface area contributed by atoms with E-state index in [2.05, 4.69) is 17.4 Å². The van der Waals surface area contributed by atoms with Crippen molar-refractivity contribution in [1.29, 1.82) is 0 Å². The van der Waals surface area contributed by atoms with Crippen molar-refractivity contribution in [2.75, 3.05) is 31.7 Å². The Balaban J connectivity index is 1.53. The van der Waals surface area contributed by atoms with E-state index < -0.39 is 0 Å². The molecular weight excluding hydrogens is 388 g/mol. The van der Waals surface area contributed by atoms with Gasteiger partial charge in [0.25, 0.3) is 5.91 Å². The average molecular weight is 417 g/mol. The molecule has 5 heteroatoms. The first-order chi connectivity index (χ1) is 15.3. The topological polar surface area (TPSA) is 50.8 Å². The molecule has 5 nitrogen and oxygen atoms in total. The highest BCUT2D eigenvalue weighted by atomic mass is 16.5. The molecule has 3 aromatic rings. The molecule has 3 aromatic carbocycles. The van der Waals surface area contributed by atoms with Crippen LogP contribution in [0.4, 0.5) is 5.69 Å². The summed E-state index contributed by atoms with van der Waals surface area (Å²) >= 11 is 0. The average Bonchev–Trinajstić information content (AvgIpc) is 2.82. The Morgan fingerprint density at radius 3 is 2.42 bits per heavy atom. The Labute approximate surface area is 183 Å². The number of ether oxygens (including phenoxy) is 2. The summed E-state index contributed by atoms with van der Waals surface area (Å²) in [6.45, 7) is 4.37. The third-order valence-electron chi connectivity index (χ3n) is 5.40. The number of hydrogen-bond donors (Lipinski definition) is 1. The van der Waals surface area contributed by atoms with E-state index in [1.54, 1.807) is 0 Å². The number of nitrogens with one attached hydrogen (secondary N) is 1. The highest BCUT2D eigenvalue weighted by Crippen LogP contribution is 2.33. The smallest absolute Gasteiger partial charge is 0.257 e. The molecule has 1 atom stereocenters. The standard InChI is InChI=1S/C26H28N2O3/c1-2-30-18-19-31-22-14-12-21(13-15-22)25-27-24-11-7-6-10-23(24)26(29)28(25)17-16-20-8-4-3-5-9-20/h3-15,25,27H,2,16-19H2,1H3. The zero-order chi connectivity index (χ0) is 21.5. The SMILES string of the molecule is CCOCCOc1ccc(C2Nc3ccccc3C(=O)N2CCc2ccccc2)cc1. The van der Waals surface area contributed by atoms with Crippen LogP contribution in [0.3, 0.4) is 0 Å². The van der Waals surface area contributed by atoms with Crippen molar-refractivity contribution in [3.8, 4) is 5.75 Å². The summed E-state index contributed by atoms with van der Waals surface area (Å²) in [5.74, 6) is 0.842. The quantitative estimate of drug-likeness (QED) is 0.504. The van der Waals surface area contributed by atoms with Crippen molar-refractivity contribution in [2.24, 2.45) is 0 Å². The zero-order valence-corrected chi connectivity index (χ0v) is 17.8. The predicted octanol–water partition coefficient (Wildman–Crippen LogP) is 4.91. The van der Waals surface area contributed by atoms with Crippen LogP contribution >= 0.6 is 0 Å². The summed E-state index contributed by atoms with van der Waals surface area (Å²) in [6, 6.07) is 25.9. The van der Waals surface area contributed by atoms with Crippen LogP contribution in [-0.4, -0.2) is 37.2 Å². The van der Waals surface area contributed by atoms with E-state index in [9.17, 15) is 4.79 Å². The molecule has 0 aromatic heterocycles. The fourth-order valence-corrected chi connectivity index (χ4v) is 3.79. The first kappa shape index (κ1) is 20.9. The summed E-state index contributed by atoms with van der Waals surface area (Å²) in [7, 11) is 0. The number of anilines is 1. The molecule has 1 aliphatic rings. The van der Waals surface area contributed by atoms with Gasteiger partial charge in [0.05, 0.1) is 12.2 Å². The number of rotatable bonds is 9. The van der Waals surface area contributed by atoms with Crippen LogP contribution < -0.4 is 10.1 Å². The van der Waals surface area contributed by atoms with E-state index in [1.165, 1.54) is 5.56 Å².